The number of carbonyl (C=O) groups excluding carboxylic acids is 1. The van der Waals surface area contributed by atoms with Gasteiger partial charge in [-0.05, 0) is 38.0 Å². The summed E-state index contributed by atoms with van der Waals surface area (Å²) in [5.41, 5.74) is 2.35. The molecular formula is C25H26N6O6S. The molecule has 13 heteroatoms. The van der Waals surface area contributed by atoms with Crippen molar-refractivity contribution in [2.45, 2.75) is 37.1 Å². The molecule has 198 valence electrons. The van der Waals surface area contributed by atoms with E-state index in [2.05, 4.69) is 20.8 Å². The fraction of sp³-hybridized carbons (Fsp3) is 0.280. The number of fused-ring (bicyclic) bond motifs is 1. The highest BCUT2D eigenvalue weighted by molar-refractivity contribution is 7.90. The molecule has 0 atom stereocenters. The van der Waals surface area contributed by atoms with E-state index >= 15 is 0 Å². The number of benzene rings is 1. The fourth-order valence-corrected chi connectivity index (χ4v) is 5.80. The zero-order valence-corrected chi connectivity index (χ0v) is 21.3. The van der Waals surface area contributed by atoms with Crippen LogP contribution in [0.15, 0.2) is 64.5 Å². The summed E-state index contributed by atoms with van der Waals surface area (Å²) in [5, 5.41) is 19.9. The zero-order chi connectivity index (χ0) is 26.9. The highest BCUT2D eigenvalue weighted by atomic mass is 32.2. The number of hydrogen-bond donors (Lipinski definition) is 3. The zero-order valence-electron chi connectivity index (χ0n) is 20.5. The molecule has 0 saturated carbocycles. The molecular weight excluding hydrogens is 512 g/mol. The molecule has 3 N–H and O–H groups in total. The van der Waals surface area contributed by atoms with Crippen LogP contribution in [-0.2, 0) is 21.2 Å². The maximum absolute atomic E-state index is 13.3. The molecule has 1 saturated heterocycles. The largest absolute Gasteiger partial charge is 0.465 e. The number of hydrogen-bond acceptors (Lipinski definition) is 8. The van der Waals surface area contributed by atoms with Gasteiger partial charge in [-0.15, -0.1) is 0 Å². The van der Waals surface area contributed by atoms with Gasteiger partial charge >= 0.3 is 6.09 Å². The Hall–Kier alpha value is -4.39. The van der Waals surface area contributed by atoms with E-state index in [1.54, 1.807) is 31.2 Å². The number of anilines is 2. The van der Waals surface area contributed by atoms with Crippen molar-refractivity contribution in [2.75, 3.05) is 23.7 Å². The van der Waals surface area contributed by atoms with Crippen LogP contribution in [0.4, 0.5) is 16.2 Å². The molecule has 12 nitrogen and oxygen atoms in total. The maximum Gasteiger partial charge on any atom is 0.407 e. The monoisotopic (exact) mass is 538 g/mol. The molecule has 1 fully saturated rings. The van der Waals surface area contributed by atoms with E-state index in [4.69, 9.17) is 4.52 Å². The first-order valence-corrected chi connectivity index (χ1v) is 13.4. The molecule has 1 aliphatic heterocycles. The molecule has 4 aromatic rings. The van der Waals surface area contributed by atoms with Gasteiger partial charge in [-0.1, -0.05) is 23.4 Å². The van der Waals surface area contributed by atoms with E-state index in [-0.39, 0.29) is 28.9 Å². The number of rotatable bonds is 7. The Morgan fingerprint density at radius 2 is 1.89 bits per heavy atom. The van der Waals surface area contributed by atoms with Crippen LogP contribution >= 0.6 is 0 Å². The minimum atomic E-state index is -3.91. The smallest absolute Gasteiger partial charge is 0.407 e. The van der Waals surface area contributed by atoms with Crippen molar-refractivity contribution in [1.82, 2.24) is 19.0 Å². The maximum atomic E-state index is 13.3. The lowest BCUT2D eigenvalue weighted by Crippen LogP contribution is -2.41. The Balaban J connectivity index is 1.50. The number of likely N-dealkylation sites (tertiary alicyclic amines) is 1. The number of pyridine rings is 1. The third-order valence-corrected chi connectivity index (χ3v) is 8.25. The minimum Gasteiger partial charge on any atom is -0.465 e. The number of nitrogens with zero attached hydrogens (tertiary/aromatic N) is 4. The number of piperidine rings is 1. The van der Waals surface area contributed by atoms with Crippen molar-refractivity contribution in [3.05, 3.63) is 66.3 Å². The Labute approximate surface area is 218 Å². The molecule has 0 aliphatic carbocycles. The van der Waals surface area contributed by atoms with Crippen molar-refractivity contribution in [3.8, 4) is 0 Å². The summed E-state index contributed by atoms with van der Waals surface area (Å²) in [4.78, 5) is 30.1. The lowest BCUT2D eigenvalue weighted by molar-refractivity contribution is -0.115. The average Bonchev–Trinajstić information content (AvgIpc) is 3.53. The summed E-state index contributed by atoms with van der Waals surface area (Å²) in [5.74, 6) is -0.322. The molecule has 4 heterocycles. The first kappa shape index (κ1) is 25.3. The quantitative estimate of drug-likeness (QED) is 0.321. The van der Waals surface area contributed by atoms with Gasteiger partial charge in [-0.3, -0.25) is 4.79 Å². The predicted octanol–water partition coefficient (Wildman–Crippen LogP) is 3.31. The van der Waals surface area contributed by atoms with Crippen LogP contribution in [0.25, 0.3) is 11.0 Å². The summed E-state index contributed by atoms with van der Waals surface area (Å²) in [6.07, 6.45) is 4.44. The van der Waals surface area contributed by atoms with Crippen LogP contribution in [0, 0.1) is 6.92 Å². The highest BCUT2D eigenvalue weighted by Gasteiger charge is 2.26. The topological polar surface area (TPSA) is 160 Å². The van der Waals surface area contributed by atoms with Gasteiger partial charge in [0, 0.05) is 36.3 Å². The Bertz CT molecular complexity index is 1590. The van der Waals surface area contributed by atoms with E-state index in [1.165, 1.54) is 35.7 Å². The lowest BCUT2D eigenvalue weighted by atomic mass is 10.0. The normalized spacial score (nSPS) is 14.5. The predicted molar refractivity (Wildman–Crippen MR) is 139 cm³/mol. The Morgan fingerprint density at radius 3 is 2.55 bits per heavy atom. The van der Waals surface area contributed by atoms with E-state index in [1.807, 2.05) is 0 Å². The van der Waals surface area contributed by atoms with Gasteiger partial charge in [0.05, 0.1) is 34.6 Å². The molecule has 1 aromatic carbocycles. The third kappa shape index (κ3) is 4.92. The van der Waals surface area contributed by atoms with Crippen LogP contribution < -0.4 is 10.6 Å². The first-order valence-electron chi connectivity index (χ1n) is 12.0. The van der Waals surface area contributed by atoms with Crippen molar-refractivity contribution in [3.63, 3.8) is 0 Å². The Morgan fingerprint density at radius 1 is 1.16 bits per heavy atom. The first-order chi connectivity index (χ1) is 18.2. The number of amides is 2. The number of carboxylic acid groups (broad SMARTS) is 1. The SMILES string of the molecule is Cc1nocc1CC(=O)Nc1cnc2c(ccn2S(=O)(=O)c2ccccc2)c1NC1CCN(C(=O)O)CC1. The van der Waals surface area contributed by atoms with Crippen LogP contribution in [-0.4, -0.2) is 63.7 Å². The number of aryl methyl sites for hydroxylation is 1. The lowest BCUT2D eigenvalue weighted by Gasteiger charge is -2.31. The van der Waals surface area contributed by atoms with Crippen molar-refractivity contribution in [1.29, 1.82) is 0 Å². The summed E-state index contributed by atoms with van der Waals surface area (Å²) in [7, 11) is -3.91. The summed E-state index contributed by atoms with van der Waals surface area (Å²) >= 11 is 0. The summed E-state index contributed by atoms with van der Waals surface area (Å²) < 4.78 is 32.7. The molecule has 2 amide bonds. The van der Waals surface area contributed by atoms with E-state index < -0.39 is 16.1 Å². The van der Waals surface area contributed by atoms with Gasteiger partial charge in [-0.25, -0.2) is 22.2 Å². The van der Waals surface area contributed by atoms with Crippen LogP contribution in [0.2, 0.25) is 0 Å². The van der Waals surface area contributed by atoms with Crippen LogP contribution in [0.1, 0.15) is 24.1 Å². The van der Waals surface area contributed by atoms with Gasteiger partial charge in [0.2, 0.25) is 5.91 Å². The van der Waals surface area contributed by atoms with Gasteiger partial charge in [0.15, 0.2) is 5.65 Å². The average molecular weight is 539 g/mol. The van der Waals surface area contributed by atoms with Crippen molar-refractivity contribution in [2.24, 2.45) is 0 Å². The Kier molecular flexibility index (Phi) is 6.76. The third-order valence-electron chi connectivity index (χ3n) is 6.57. The molecule has 3 aromatic heterocycles. The highest BCUT2D eigenvalue weighted by Crippen LogP contribution is 2.34. The van der Waals surface area contributed by atoms with Gasteiger partial charge in [-0.2, -0.15) is 0 Å². The number of aromatic nitrogens is 3. The molecule has 0 unspecified atom stereocenters. The molecule has 0 radical (unpaired) electrons. The second-order valence-corrected chi connectivity index (χ2v) is 10.9. The van der Waals surface area contributed by atoms with E-state index in [0.29, 0.717) is 53.9 Å². The van der Waals surface area contributed by atoms with E-state index in [0.717, 1.165) is 3.97 Å². The van der Waals surface area contributed by atoms with E-state index in [9.17, 15) is 23.1 Å². The molecule has 0 bridgehead atoms. The number of nitrogens with one attached hydrogen (secondary N) is 2. The summed E-state index contributed by atoms with van der Waals surface area (Å²) in [6.45, 7) is 2.46. The second kappa shape index (κ2) is 10.2. The molecule has 5 rings (SSSR count). The summed E-state index contributed by atoms with van der Waals surface area (Å²) in [6, 6.07) is 9.59. The van der Waals surface area contributed by atoms with Gasteiger partial charge in [0.25, 0.3) is 10.0 Å². The molecule has 0 spiro atoms. The van der Waals surface area contributed by atoms with Gasteiger partial charge < -0.3 is 25.2 Å². The second-order valence-electron chi connectivity index (χ2n) is 9.05. The van der Waals surface area contributed by atoms with Crippen molar-refractivity contribution >= 4 is 44.4 Å². The van der Waals surface area contributed by atoms with Crippen LogP contribution in [0.3, 0.4) is 0 Å². The standard InChI is InChI=1S/C25H26N6O6S/c1-16-17(15-37-29-16)13-22(32)28-21-14-26-24-20(23(21)27-18-7-10-30(11-8-18)25(33)34)9-12-31(24)38(35,36)19-5-3-2-4-6-19/h2-6,9,12,14-15,18H,7-8,10-11,13H2,1H3,(H,26,27)(H,28,32)(H,33,34). The molecule has 1 aliphatic rings. The van der Waals surface area contributed by atoms with Crippen molar-refractivity contribution < 1.29 is 27.6 Å². The molecule has 38 heavy (non-hydrogen) atoms. The number of carbonyl (C=O) groups is 2. The fourth-order valence-electron chi connectivity index (χ4n) is 4.48. The van der Waals surface area contributed by atoms with Crippen LogP contribution in [0.5, 0.6) is 0 Å². The van der Waals surface area contributed by atoms with Gasteiger partial charge in [0.1, 0.15) is 6.26 Å². The minimum absolute atomic E-state index is 0.0349.